The molecule has 0 aliphatic rings. The van der Waals surface area contributed by atoms with E-state index in [1.54, 1.807) is 67.0 Å². The lowest BCUT2D eigenvalue weighted by Gasteiger charge is -2.12. The van der Waals surface area contributed by atoms with Gasteiger partial charge in [-0.05, 0) is 153 Å². The van der Waals surface area contributed by atoms with Crippen LogP contribution in [0.25, 0.3) is 21.8 Å². The van der Waals surface area contributed by atoms with Crippen molar-refractivity contribution in [3.63, 3.8) is 0 Å². The number of phenolic OH excluding ortho intramolecular Hbond substituents is 1. The number of hydrogen-bond acceptors (Lipinski definition) is 7. The molecule has 1 N–H and O–H groups in total. The highest BCUT2D eigenvalue weighted by Crippen LogP contribution is 2.35. The van der Waals surface area contributed by atoms with Gasteiger partial charge in [0, 0.05) is 59.9 Å². The molecule has 0 aliphatic carbocycles. The summed E-state index contributed by atoms with van der Waals surface area (Å²) in [6.45, 7) is 11.6. The summed E-state index contributed by atoms with van der Waals surface area (Å²) in [6, 6.07) is 31.6. The lowest BCUT2D eigenvalue weighted by molar-refractivity contribution is -0.118. The maximum atomic E-state index is 14.0. The first-order valence-electron chi connectivity index (χ1n) is 20.8. The average molecular weight is 877 g/mol. The van der Waals surface area contributed by atoms with E-state index in [2.05, 4.69) is 29.9 Å². The number of ether oxygens (including phenoxy) is 2. The number of halogens is 3. The Morgan fingerprint density at radius 3 is 1.53 bits per heavy atom. The van der Waals surface area contributed by atoms with Crippen molar-refractivity contribution in [2.45, 2.75) is 67.2 Å². The summed E-state index contributed by atoms with van der Waals surface area (Å²) in [5.74, 6) is 1.87. The van der Waals surface area contributed by atoms with Crippen molar-refractivity contribution < 1.29 is 33.0 Å². The first-order valence-corrected chi connectivity index (χ1v) is 21.2. The predicted molar refractivity (Wildman–Crippen MR) is 249 cm³/mol. The molecule has 8 aromatic rings. The molecule has 0 aliphatic heterocycles. The number of ketones is 2. The van der Waals surface area contributed by atoms with Gasteiger partial charge in [0.25, 0.3) is 0 Å². The van der Waals surface area contributed by atoms with Crippen LogP contribution >= 0.6 is 11.6 Å². The monoisotopic (exact) mass is 876 g/mol. The first-order chi connectivity index (χ1) is 30.6. The zero-order valence-electron chi connectivity index (χ0n) is 36.5. The number of hydrogen-bond donors (Lipinski definition) is 1. The van der Waals surface area contributed by atoms with Gasteiger partial charge in [-0.25, -0.2) is 8.78 Å². The van der Waals surface area contributed by atoms with Crippen LogP contribution in [0.2, 0.25) is 5.02 Å². The third-order valence-corrected chi connectivity index (χ3v) is 11.4. The van der Waals surface area contributed by atoms with Crippen LogP contribution in [-0.4, -0.2) is 26.6 Å². The second-order valence-electron chi connectivity index (χ2n) is 16.2. The van der Waals surface area contributed by atoms with Gasteiger partial charge in [-0.15, -0.1) is 0 Å². The molecule has 324 valence electrons. The number of aromatic hydroxyl groups is 1. The van der Waals surface area contributed by atoms with Crippen molar-refractivity contribution in [3.8, 4) is 28.7 Å². The average Bonchev–Trinajstić information content (AvgIpc) is 3.24. The molecule has 0 radical (unpaired) electrons. The third kappa shape index (κ3) is 11.0. The molecule has 0 fully saturated rings. The van der Waals surface area contributed by atoms with Gasteiger partial charge in [-0.3, -0.25) is 19.6 Å². The fourth-order valence-electron chi connectivity index (χ4n) is 7.39. The number of carbonyl (C=O) groups is 2. The normalized spacial score (nSPS) is 11.0. The number of fused-ring (bicyclic) bond motifs is 2. The van der Waals surface area contributed by atoms with Gasteiger partial charge in [0.2, 0.25) is 0 Å². The molecule has 2 aromatic heterocycles. The molecule has 0 atom stereocenters. The maximum absolute atomic E-state index is 14.0. The lowest BCUT2D eigenvalue weighted by atomic mass is 9.98. The van der Waals surface area contributed by atoms with Crippen LogP contribution < -0.4 is 9.47 Å². The van der Waals surface area contributed by atoms with E-state index >= 15 is 0 Å². The van der Waals surface area contributed by atoms with Crippen LogP contribution in [0.3, 0.4) is 0 Å². The van der Waals surface area contributed by atoms with E-state index in [0.29, 0.717) is 50.2 Å². The molecule has 0 bridgehead atoms. The number of Topliss-reactive ketones (excluding diaryl/α,β-unsaturated/α-hetero) is 2. The van der Waals surface area contributed by atoms with E-state index in [-0.39, 0.29) is 54.6 Å². The SMILES string of the molecule is Cc1ccc(F)c(CC(=O)Cc2ccc(Oc3ccnc4cc(C)c(C)cc34)cc2Cl)c1.Cc1ccc(F)c(CC(=O)Cc2ccc(Oc3ccnc4cc(O)c(C)cc34)cc2C)c1. The molecular weight excluding hydrogens is 830 g/mol. The molecule has 64 heavy (non-hydrogen) atoms. The van der Waals surface area contributed by atoms with E-state index in [0.717, 1.165) is 49.7 Å². The van der Waals surface area contributed by atoms with Crippen LogP contribution in [0.15, 0.2) is 122 Å². The van der Waals surface area contributed by atoms with E-state index in [4.69, 9.17) is 21.1 Å². The molecule has 2 heterocycles. The van der Waals surface area contributed by atoms with E-state index in [9.17, 15) is 23.5 Å². The molecule has 0 spiro atoms. The highest BCUT2D eigenvalue weighted by molar-refractivity contribution is 6.31. The number of aromatic nitrogens is 2. The molecule has 0 saturated carbocycles. The van der Waals surface area contributed by atoms with Gasteiger partial charge < -0.3 is 14.6 Å². The van der Waals surface area contributed by atoms with Gasteiger partial charge in [-0.2, -0.15) is 0 Å². The largest absolute Gasteiger partial charge is 0.508 e. The summed E-state index contributed by atoms with van der Waals surface area (Å²) in [5, 5.41) is 12.1. The van der Waals surface area contributed by atoms with Crippen molar-refractivity contribution in [1.29, 1.82) is 0 Å². The molecule has 10 heteroatoms. The van der Waals surface area contributed by atoms with Crippen LogP contribution in [-0.2, 0) is 35.3 Å². The van der Waals surface area contributed by atoms with Crippen molar-refractivity contribution in [3.05, 3.63) is 194 Å². The summed E-state index contributed by atoms with van der Waals surface area (Å²) < 4.78 is 40.1. The molecule has 0 unspecified atom stereocenters. The Balaban J connectivity index is 0.000000191. The van der Waals surface area contributed by atoms with Crippen molar-refractivity contribution in [2.24, 2.45) is 0 Å². The minimum Gasteiger partial charge on any atom is -0.508 e. The Morgan fingerprint density at radius 1 is 0.516 bits per heavy atom. The Hall–Kier alpha value is -6.97. The van der Waals surface area contributed by atoms with Crippen LogP contribution in [0.1, 0.15) is 55.6 Å². The van der Waals surface area contributed by atoms with Gasteiger partial charge >= 0.3 is 0 Å². The lowest BCUT2D eigenvalue weighted by Crippen LogP contribution is -2.09. The second kappa shape index (κ2) is 19.6. The molecule has 7 nitrogen and oxygen atoms in total. The number of benzene rings is 6. The molecule has 8 rings (SSSR count). The summed E-state index contributed by atoms with van der Waals surface area (Å²) in [7, 11) is 0. The minimum atomic E-state index is -0.367. The minimum absolute atomic E-state index is 0.0316. The van der Waals surface area contributed by atoms with Crippen molar-refractivity contribution in [1.82, 2.24) is 9.97 Å². The number of rotatable bonds is 12. The van der Waals surface area contributed by atoms with Gasteiger partial charge in [-0.1, -0.05) is 59.1 Å². The molecular formula is C54H47ClF2N2O5. The molecule has 0 amide bonds. The number of pyridine rings is 2. The highest BCUT2D eigenvalue weighted by atomic mass is 35.5. The Bertz CT molecular complexity index is 2870. The van der Waals surface area contributed by atoms with Crippen LogP contribution in [0.5, 0.6) is 28.7 Å². The smallest absolute Gasteiger partial charge is 0.141 e. The first kappa shape index (κ1) is 45.1. The number of nitrogens with zero attached hydrogens (tertiary/aromatic N) is 2. The second-order valence-corrected chi connectivity index (χ2v) is 16.7. The third-order valence-electron chi connectivity index (χ3n) is 11.1. The standard InChI is InChI=1S/C27H23ClFNO2.C27H24FNO3/c1-16-4-7-25(29)20(10-16)14-21(31)13-19-5-6-22(15-24(19)28)32-27-8-9-30-26-12-18(3)17(2)11-23(26)27;1-16-4-7-24(28)20(10-16)14-21(30)13-19-5-6-22(11-17(19)2)32-27-8-9-29-25-15-26(31)18(3)12-23(25)27/h4-12,15H,13-14H2,1-3H3;4-12,15,31H,13-14H2,1-3H3. The molecule has 0 saturated heterocycles. The van der Waals surface area contributed by atoms with Gasteiger partial charge in [0.1, 0.15) is 51.9 Å². The number of phenols is 1. The van der Waals surface area contributed by atoms with E-state index < -0.39 is 0 Å². The zero-order valence-corrected chi connectivity index (χ0v) is 37.2. The van der Waals surface area contributed by atoms with Gasteiger partial charge in [0.05, 0.1) is 11.0 Å². The Labute approximate surface area is 376 Å². The molecule has 6 aromatic carbocycles. The zero-order chi connectivity index (χ0) is 45.7. The quantitative estimate of drug-likeness (QED) is 0.130. The summed E-state index contributed by atoms with van der Waals surface area (Å²) in [5.41, 5.74) is 9.76. The fraction of sp³-hybridized carbons (Fsp3) is 0.185. The fourth-order valence-corrected chi connectivity index (χ4v) is 7.63. The summed E-state index contributed by atoms with van der Waals surface area (Å²) >= 11 is 6.44. The van der Waals surface area contributed by atoms with E-state index in [1.807, 2.05) is 64.1 Å². The van der Waals surface area contributed by atoms with E-state index in [1.165, 1.54) is 17.7 Å². The van der Waals surface area contributed by atoms with Gasteiger partial charge in [0.15, 0.2) is 0 Å². The maximum Gasteiger partial charge on any atom is 0.141 e. The Kier molecular flexibility index (Phi) is 13.8. The summed E-state index contributed by atoms with van der Waals surface area (Å²) in [6.07, 6.45) is 3.81. The Morgan fingerprint density at radius 2 is 0.984 bits per heavy atom. The van der Waals surface area contributed by atoms with Crippen LogP contribution in [0, 0.1) is 53.2 Å². The summed E-state index contributed by atoms with van der Waals surface area (Å²) in [4.78, 5) is 33.8. The highest BCUT2D eigenvalue weighted by Gasteiger charge is 2.15. The van der Waals surface area contributed by atoms with Crippen LogP contribution in [0.4, 0.5) is 8.78 Å². The van der Waals surface area contributed by atoms with Crippen molar-refractivity contribution in [2.75, 3.05) is 0 Å². The van der Waals surface area contributed by atoms with Crippen molar-refractivity contribution >= 4 is 45.0 Å². The number of aryl methyl sites for hydroxylation is 6. The number of carbonyl (C=O) groups excluding carboxylic acids is 2. The predicted octanol–water partition coefficient (Wildman–Crippen LogP) is 13.3. The topological polar surface area (TPSA) is 98.6 Å².